The van der Waals surface area contributed by atoms with E-state index in [1.54, 1.807) is 11.3 Å². The Hall–Kier alpha value is -0.710. The van der Waals surface area contributed by atoms with E-state index in [9.17, 15) is 0 Å². The van der Waals surface area contributed by atoms with Gasteiger partial charge in [-0.15, -0.1) is 11.3 Å². The number of thiol groups is 1. The standard InChI is InChI=1S/C10H12B2N2S2/c11-14(6-9-4-2-1-3-5-9)12(15)10-7-16-8-13-10/h1-5,7-8,15H,6,11H2. The van der Waals surface area contributed by atoms with Crippen LogP contribution in [0.2, 0.25) is 0 Å². The van der Waals surface area contributed by atoms with E-state index in [1.165, 1.54) is 5.56 Å². The summed E-state index contributed by atoms with van der Waals surface area (Å²) in [6, 6.07) is 10.4. The third-order valence-corrected chi connectivity index (χ3v) is 3.67. The number of rotatable bonds is 4. The van der Waals surface area contributed by atoms with Gasteiger partial charge in [0, 0.05) is 17.5 Å². The Labute approximate surface area is 107 Å². The Kier molecular flexibility index (Phi) is 4.09. The molecule has 0 N–H and O–H groups in total. The molecule has 0 aliphatic rings. The number of hydrogen-bond donors (Lipinski definition) is 1. The third-order valence-electron chi connectivity index (χ3n) is 2.41. The largest absolute Gasteiger partial charge is 0.372 e. The summed E-state index contributed by atoms with van der Waals surface area (Å²) in [6.45, 7) is 0.881. The van der Waals surface area contributed by atoms with E-state index >= 15 is 0 Å². The molecule has 0 atom stereocenters. The summed E-state index contributed by atoms with van der Waals surface area (Å²) in [6.07, 6.45) is 0.0615. The summed E-state index contributed by atoms with van der Waals surface area (Å²) in [5, 5.41) is 2.04. The predicted molar refractivity (Wildman–Crippen MR) is 77.0 cm³/mol. The minimum absolute atomic E-state index is 0.0615. The molecule has 0 saturated heterocycles. The average molecular weight is 246 g/mol. The van der Waals surface area contributed by atoms with Crippen molar-refractivity contribution < 1.29 is 0 Å². The van der Waals surface area contributed by atoms with Crippen LogP contribution in [0.25, 0.3) is 0 Å². The molecule has 6 heteroatoms. The second-order valence-electron chi connectivity index (χ2n) is 3.69. The molecule has 0 spiro atoms. The third kappa shape index (κ3) is 2.90. The van der Waals surface area contributed by atoms with Gasteiger partial charge in [-0.25, -0.2) is 12.5 Å². The summed E-state index contributed by atoms with van der Waals surface area (Å²) >= 11 is 6.19. The van der Waals surface area contributed by atoms with Gasteiger partial charge in [0.25, 0.3) is 0 Å². The molecular formula is C10H12B2N2S2. The molecule has 16 heavy (non-hydrogen) atoms. The first kappa shape index (κ1) is 11.8. The van der Waals surface area contributed by atoms with E-state index in [4.69, 9.17) is 0 Å². The fraction of sp³-hybridized carbons (Fsp3) is 0.100. The Morgan fingerprint density at radius 2 is 2.12 bits per heavy atom. The maximum Gasteiger partial charge on any atom is 0.333 e. The zero-order valence-electron chi connectivity index (χ0n) is 9.08. The minimum Gasteiger partial charge on any atom is -0.372 e. The van der Waals surface area contributed by atoms with Gasteiger partial charge >= 0.3 is 6.13 Å². The molecule has 0 radical (unpaired) electrons. The molecule has 0 bridgehead atoms. The van der Waals surface area contributed by atoms with Crippen LogP contribution in [0.4, 0.5) is 0 Å². The smallest absolute Gasteiger partial charge is 0.333 e. The van der Waals surface area contributed by atoms with Crippen LogP contribution < -0.4 is 5.59 Å². The van der Waals surface area contributed by atoms with Crippen LogP contribution in [0.15, 0.2) is 41.2 Å². The molecule has 1 heterocycles. The highest BCUT2D eigenvalue weighted by Gasteiger charge is 2.19. The van der Waals surface area contributed by atoms with Gasteiger partial charge in [0.2, 0.25) is 0 Å². The van der Waals surface area contributed by atoms with Gasteiger partial charge in [0.15, 0.2) is 7.98 Å². The normalized spacial score (nSPS) is 10.6. The second-order valence-corrected chi connectivity index (χ2v) is 4.90. The molecule has 0 saturated carbocycles. The van der Waals surface area contributed by atoms with Crippen LogP contribution in [0.1, 0.15) is 5.56 Å². The summed E-state index contributed by atoms with van der Waals surface area (Å²) in [5.74, 6) is 0. The first-order valence-corrected chi connectivity index (χ1v) is 6.53. The highest BCUT2D eigenvalue weighted by molar-refractivity contribution is 8.11. The molecule has 0 aliphatic carbocycles. The van der Waals surface area contributed by atoms with Gasteiger partial charge in [0.05, 0.1) is 5.51 Å². The molecule has 2 rings (SSSR count). The molecule has 0 unspecified atom stereocenters. The quantitative estimate of drug-likeness (QED) is 0.635. The van der Waals surface area contributed by atoms with Gasteiger partial charge in [-0.1, -0.05) is 30.3 Å². The van der Waals surface area contributed by atoms with Crippen LogP contribution in [-0.2, 0) is 6.54 Å². The van der Waals surface area contributed by atoms with E-state index in [-0.39, 0.29) is 6.13 Å². The lowest BCUT2D eigenvalue weighted by Gasteiger charge is -2.20. The van der Waals surface area contributed by atoms with Crippen molar-refractivity contribution in [2.24, 2.45) is 0 Å². The summed E-state index contributed by atoms with van der Waals surface area (Å²) in [5.41, 5.74) is 4.15. The summed E-state index contributed by atoms with van der Waals surface area (Å²) in [4.78, 5) is 4.28. The first-order valence-electron chi connectivity index (χ1n) is 5.07. The fourth-order valence-electron chi connectivity index (χ4n) is 1.53. The topological polar surface area (TPSA) is 16.1 Å². The molecule has 1 aromatic heterocycles. The van der Waals surface area contributed by atoms with E-state index in [0.29, 0.717) is 0 Å². The highest BCUT2D eigenvalue weighted by Crippen LogP contribution is 2.06. The molecular weight excluding hydrogens is 234 g/mol. The van der Waals surface area contributed by atoms with E-state index in [0.717, 1.165) is 12.1 Å². The van der Waals surface area contributed by atoms with Crippen LogP contribution in [0.5, 0.6) is 0 Å². The SMILES string of the molecule is BN(Cc1ccccc1)B(S)c1cscn1. The van der Waals surface area contributed by atoms with Gasteiger partial charge in [-0.3, -0.25) is 4.98 Å². The van der Waals surface area contributed by atoms with Crippen molar-refractivity contribution in [3.05, 3.63) is 46.8 Å². The number of benzene rings is 1. The van der Waals surface area contributed by atoms with Crippen LogP contribution in [-0.4, -0.2) is 23.8 Å². The molecule has 2 aromatic rings. The minimum atomic E-state index is 0.0615. The van der Waals surface area contributed by atoms with E-state index in [2.05, 4.69) is 54.4 Å². The highest BCUT2D eigenvalue weighted by atomic mass is 32.1. The Balaban J connectivity index is 2.01. The zero-order chi connectivity index (χ0) is 11.4. The lowest BCUT2D eigenvalue weighted by molar-refractivity contribution is 0.686. The van der Waals surface area contributed by atoms with Crippen molar-refractivity contribution in [3.63, 3.8) is 0 Å². The molecule has 2 nitrogen and oxygen atoms in total. The number of hydrogen-bond acceptors (Lipinski definition) is 4. The lowest BCUT2D eigenvalue weighted by Crippen LogP contribution is -2.43. The van der Waals surface area contributed by atoms with Crippen molar-refractivity contribution >= 4 is 43.5 Å². The summed E-state index contributed by atoms with van der Waals surface area (Å²) < 4.78 is 2.17. The van der Waals surface area contributed by atoms with Crippen LogP contribution in [0, 0.1) is 0 Å². The Bertz CT molecular complexity index is 422. The van der Waals surface area contributed by atoms with Crippen molar-refractivity contribution in [1.82, 2.24) is 9.71 Å². The fourth-order valence-corrected chi connectivity index (χ4v) is 2.43. The van der Waals surface area contributed by atoms with E-state index in [1.807, 2.05) is 17.0 Å². The number of nitrogens with zero attached hydrogens (tertiary/aromatic N) is 2. The molecule has 0 fully saturated rings. The lowest BCUT2D eigenvalue weighted by atomic mass is 9.80. The van der Waals surface area contributed by atoms with Gasteiger partial charge in [-0.05, 0) is 5.56 Å². The van der Waals surface area contributed by atoms with Crippen molar-refractivity contribution in [1.29, 1.82) is 0 Å². The van der Waals surface area contributed by atoms with E-state index < -0.39 is 0 Å². The molecule has 0 aliphatic heterocycles. The second kappa shape index (κ2) is 5.57. The van der Waals surface area contributed by atoms with Crippen molar-refractivity contribution in [3.8, 4) is 0 Å². The Morgan fingerprint density at radius 1 is 1.38 bits per heavy atom. The first-order chi connectivity index (χ1) is 7.77. The maximum atomic E-state index is 4.58. The van der Waals surface area contributed by atoms with Crippen LogP contribution in [0.3, 0.4) is 0 Å². The Morgan fingerprint density at radius 3 is 2.75 bits per heavy atom. The molecule has 0 amide bonds. The predicted octanol–water partition coefficient (Wildman–Crippen LogP) is 0.818. The average Bonchev–Trinajstić information content (AvgIpc) is 2.83. The van der Waals surface area contributed by atoms with Crippen LogP contribution >= 0.6 is 23.8 Å². The maximum absolute atomic E-state index is 4.58. The van der Waals surface area contributed by atoms with Gasteiger partial charge in [0.1, 0.15) is 0 Å². The van der Waals surface area contributed by atoms with Gasteiger partial charge in [-0.2, -0.15) is 0 Å². The number of aromatic nitrogens is 1. The molecule has 80 valence electrons. The monoisotopic (exact) mass is 246 g/mol. The van der Waals surface area contributed by atoms with Crippen molar-refractivity contribution in [2.75, 3.05) is 0 Å². The zero-order valence-corrected chi connectivity index (χ0v) is 10.8. The summed E-state index contributed by atoms with van der Waals surface area (Å²) in [7, 11) is 2.06. The van der Waals surface area contributed by atoms with Crippen molar-refractivity contribution in [2.45, 2.75) is 6.54 Å². The van der Waals surface area contributed by atoms with Gasteiger partial charge < -0.3 is 4.72 Å². The molecule has 1 aromatic carbocycles. The number of thiazole rings is 1.